The Balaban J connectivity index is 0.000000288. The molecule has 0 radical (unpaired) electrons. The predicted octanol–water partition coefficient (Wildman–Crippen LogP) is 11.6. The number of methoxy groups -OCH3 is 1. The molecule has 0 atom stereocenters. The first-order valence-corrected chi connectivity index (χ1v) is 27.6. The topological polar surface area (TPSA) is 225 Å². The highest BCUT2D eigenvalue weighted by molar-refractivity contribution is 6.31. The number of aryl methyl sites for hydroxylation is 4. The summed E-state index contributed by atoms with van der Waals surface area (Å²) >= 11 is 12.8. The summed E-state index contributed by atoms with van der Waals surface area (Å²) < 4.78 is 26.4. The smallest absolute Gasteiger partial charge is 0.407 e. The summed E-state index contributed by atoms with van der Waals surface area (Å²) in [6.07, 6.45) is 6.36. The Labute approximate surface area is 470 Å². The summed E-state index contributed by atoms with van der Waals surface area (Å²) in [5, 5.41) is 9.83. The number of nitrogens with two attached hydrogens (primary N) is 1. The van der Waals surface area contributed by atoms with Gasteiger partial charge < -0.3 is 54.5 Å². The van der Waals surface area contributed by atoms with Gasteiger partial charge in [0.15, 0.2) is 10.9 Å². The van der Waals surface area contributed by atoms with E-state index < -0.39 is 11.2 Å². The first-order valence-electron chi connectivity index (χ1n) is 26.9. The minimum Gasteiger partial charge on any atom is -0.466 e. The number of esters is 1. The van der Waals surface area contributed by atoms with Gasteiger partial charge in [0.05, 0.1) is 30.3 Å². The van der Waals surface area contributed by atoms with Crippen LogP contribution in [0.25, 0.3) is 0 Å². The van der Waals surface area contributed by atoms with Crippen molar-refractivity contribution in [2.45, 2.75) is 197 Å². The standard InChI is InChI=1S/C29H40ClN3O5.C22H33ClN2O4.C8H11NO2/c1-8-33(22-11-9-21(10-12-22)32-28(36)38-29(5,6)7)25-15-20(30)14-23(18(25)3)27(35)31-16-24-19(4)37-17(2)13-26(24)34;1-7-25(19-13-15(23)12-18(14(19)2)20(26)28-6)17-10-8-16(9-11-17)24-21(27)29-22(3,4)5;1-5-3-8(10)7(4-9)6(2)11-5/h13-15,21-22H,8-12,16H2,1-7H3,(H,31,35)(H,32,36);12-13,16-17H,7-11H2,1-6H3,(H,24,27);3H,4,9H2,1-2H3. The lowest BCUT2D eigenvalue weighted by Gasteiger charge is -2.39. The molecule has 2 aliphatic carbocycles. The molecule has 17 nitrogen and oxygen atoms in total. The van der Waals surface area contributed by atoms with Crippen molar-refractivity contribution in [3.8, 4) is 0 Å². The van der Waals surface area contributed by atoms with Crippen LogP contribution >= 0.6 is 23.2 Å². The summed E-state index contributed by atoms with van der Waals surface area (Å²) in [6, 6.07) is 10.8. The second kappa shape index (κ2) is 28.7. The fourth-order valence-corrected chi connectivity index (χ4v) is 10.4. The molecule has 19 heteroatoms. The van der Waals surface area contributed by atoms with Crippen molar-refractivity contribution in [3.63, 3.8) is 0 Å². The van der Waals surface area contributed by atoms with Crippen molar-refractivity contribution in [2.24, 2.45) is 5.73 Å². The van der Waals surface area contributed by atoms with E-state index in [0.717, 1.165) is 87.0 Å². The number of alkyl carbamates (subject to hydrolysis) is 2. The summed E-state index contributed by atoms with van der Waals surface area (Å²) in [7, 11) is 1.37. The highest BCUT2D eigenvalue weighted by Gasteiger charge is 2.31. The van der Waals surface area contributed by atoms with Crippen LogP contribution in [0.2, 0.25) is 10.0 Å². The molecular formula is C59H84Cl2N6O11. The monoisotopic (exact) mass is 1120 g/mol. The zero-order chi connectivity index (χ0) is 58.4. The molecule has 0 bridgehead atoms. The molecule has 6 rings (SSSR count). The maximum Gasteiger partial charge on any atom is 0.407 e. The molecule has 78 heavy (non-hydrogen) atoms. The quantitative estimate of drug-likeness (QED) is 0.0722. The number of anilines is 2. The summed E-state index contributed by atoms with van der Waals surface area (Å²) in [5.41, 5.74) is 9.66. The number of carbonyl (C=O) groups is 4. The molecule has 3 amide bonds. The Morgan fingerprint density at radius 3 is 1.36 bits per heavy atom. The van der Waals surface area contributed by atoms with Crippen LogP contribution < -0.4 is 42.3 Å². The van der Waals surface area contributed by atoms with Crippen LogP contribution in [0.3, 0.4) is 0 Å². The van der Waals surface area contributed by atoms with Gasteiger partial charge in [-0.15, -0.1) is 0 Å². The van der Waals surface area contributed by atoms with Gasteiger partial charge in [-0.2, -0.15) is 0 Å². The van der Waals surface area contributed by atoms with E-state index in [2.05, 4.69) is 39.6 Å². The van der Waals surface area contributed by atoms with Crippen molar-refractivity contribution in [1.82, 2.24) is 16.0 Å². The number of ether oxygens (including phenoxy) is 3. The lowest BCUT2D eigenvalue weighted by molar-refractivity contribution is 0.0479. The van der Waals surface area contributed by atoms with Gasteiger partial charge in [0, 0.05) is 82.9 Å². The van der Waals surface area contributed by atoms with Crippen LogP contribution in [0, 0.1) is 41.5 Å². The van der Waals surface area contributed by atoms with Gasteiger partial charge in [0.2, 0.25) is 0 Å². The van der Waals surface area contributed by atoms with Crippen LogP contribution in [0.15, 0.2) is 54.8 Å². The number of hydrogen-bond donors (Lipinski definition) is 4. The number of hydrogen-bond acceptors (Lipinski definition) is 14. The summed E-state index contributed by atoms with van der Waals surface area (Å²) in [5.74, 6) is 1.60. The van der Waals surface area contributed by atoms with Gasteiger partial charge in [0.25, 0.3) is 5.91 Å². The van der Waals surface area contributed by atoms with E-state index in [0.29, 0.717) is 61.4 Å². The second-order valence-electron chi connectivity index (χ2n) is 22.0. The molecule has 5 N–H and O–H groups in total. The molecule has 2 aromatic carbocycles. The number of carbonyl (C=O) groups excluding carboxylic acids is 4. The third-order valence-electron chi connectivity index (χ3n) is 13.7. The predicted molar refractivity (Wildman–Crippen MR) is 309 cm³/mol. The SMILES string of the molecule is CCN(c1cc(Cl)cc(C(=O)NCc2c(C)oc(C)cc2=O)c1C)C1CCC(NC(=O)OC(C)(C)C)CC1.CCN(c1cc(Cl)cc(C(=O)OC)c1C)C1CCC(NC(=O)OC(C)(C)C)CC1.Cc1cc(=O)c(CN)c(C)o1. The van der Waals surface area contributed by atoms with Gasteiger partial charge >= 0.3 is 18.2 Å². The van der Waals surface area contributed by atoms with E-state index in [-0.39, 0.29) is 66.1 Å². The van der Waals surface area contributed by atoms with Gasteiger partial charge in [0.1, 0.15) is 34.2 Å². The van der Waals surface area contributed by atoms with E-state index in [9.17, 15) is 28.8 Å². The summed E-state index contributed by atoms with van der Waals surface area (Å²) in [6.45, 7) is 28.0. The first-order chi connectivity index (χ1) is 36.5. The second-order valence-corrected chi connectivity index (χ2v) is 22.8. The Hall–Kier alpha value is -6.04. The van der Waals surface area contributed by atoms with Crippen molar-refractivity contribution >= 4 is 58.6 Å². The highest BCUT2D eigenvalue weighted by atomic mass is 35.5. The van der Waals surface area contributed by atoms with E-state index in [4.69, 9.17) is 52.0 Å². The van der Waals surface area contributed by atoms with Crippen molar-refractivity contribution < 1.29 is 42.2 Å². The molecule has 2 heterocycles. The van der Waals surface area contributed by atoms with Crippen molar-refractivity contribution in [2.75, 3.05) is 30.0 Å². The lowest BCUT2D eigenvalue weighted by atomic mass is 9.89. The van der Waals surface area contributed by atoms with E-state index >= 15 is 0 Å². The third kappa shape index (κ3) is 18.8. The molecule has 0 saturated heterocycles. The number of amides is 3. The Bertz CT molecular complexity index is 2840. The van der Waals surface area contributed by atoms with Crippen molar-refractivity contribution in [1.29, 1.82) is 0 Å². The summed E-state index contributed by atoms with van der Waals surface area (Å²) in [4.78, 5) is 77.6. The molecule has 2 aromatic heterocycles. The van der Waals surface area contributed by atoms with Crippen molar-refractivity contribution in [3.05, 3.63) is 123 Å². The molecule has 0 aliphatic heterocycles. The maximum atomic E-state index is 13.2. The minimum atomic E-state index is -0.528. The Kier molecular flexibility index (Phi) is 23.7. The Morgan fingerprint density at radius 1 is 0.615 bits per heavy atom. The van der Waals surface area contributed by atoms with Crippen LogP contribution in [0.1, 0.15) is 173 Å². The fourth-order valence-electron chi connectivity index (χ4n) is 10.0. The molecule has 2 fully saturated rings. The van der Waals surface area contributed by atoms with Crippen LogP contribution in [0.5, 0.6) is 0 Å². The Morgan fingerprint density at radius 2 is 1.00 bits per heavy atom. The van der Waals surface area contributed by atoms with Gasteiger partial charge in [-0.05, 0) is 184 Å². The van der Waals surface area contributed by atoms with Gasteiger partial charge in [-0.1, -0.05) is 23.2 Å². The number of rotatable bonds is 13. The van der Waals surface area contributed by atoms with Crippen LogP contribution in [-0.4, -0.2) is 79.6 Å². The average Bonchev–Trinajstić information content (AvgIpc) is 3.33. The zero-order valence-corrected chi connectivity index (χ0v) is 50.0. The molecule has 430 valence electrons. The van der Waals surface area contributed by atoms with E-state index in [1.165, 1.54) is 19.2 Å². The molecule has 4 aromatic rings. The van der Waals surface area contributed by atoms with Crippen LogP contribution in [0.4, 0.5) is 21.0 Å². The number of nitrogens with one attached hydrogen (secondary N) is 3. The maximum absolute atomic E-state index is 13.2. The molecule has 0 spiro atoms. The van der Waals surface area contributed by atoms with Crippen LogP contribution in [-0.2, 0) is 27.3 Å². The number of nitrogens with zero attached hydrogens (tertiary/aromatic N) is 2. The number of halogens is 2. The normalized spacial score (nSPS) is 17.2. The highest BCUT2D eigenvalue weighted by Crippen LogP contribution is 2.36. The first kappa shape index (κ1) is 64.5. The minimum absolute atomic E-state index is 0.0336. The van der Waals surface area contributed by atoms with Gasteiger partial charge in [-0.3, -0.25) is 14.4 Å². The molecule has 2 saturated carbocycles. The molecule has 0 unspecified atom stereocenters. The third-order valence-corrected chi connectivity index (χ3v) is 14.2. The lowest BCUT2D eigenvalue weighted by Crippen LogP contribution is -2.45. The van der Waals surface area contributed by atoms with E-state index in [1.807, 2.05) is 67.5 Å². The van der Waals surface area contributed by atoms with E-state index in [1.54, 1.807) is 39.8 Å². The number of benzene rings is 2. The zero-order valence-electron chi connectivity index (χ0n) is 48.5. The molecular weight excluding hydrogens is 1040 g/mol. The van der Waals surface area contributed by atoms with Gasteiger partial charge in [-0.25, -0.2) is 14.4 Å². The average molecular weight is 1120 g/mol. The fraction of sp³-hybridized carbons (Fsp3) is 0.559. The largest absolute Gasteiger partial charge is 0.466 e. The molecule has 2 aliphatic rings.